The number of carbonyl (C=O) groups is 5. The Balaban J connectivity index is 0.000000172. The summed E-state index contributed by atoms with van der Waals surface area (Å²) < 4.78 is 115. The van der Waals surface area contributed by atoms with Gasteiger partial charge in [0, 0.05) is 88.0 Å². The molecule has 570 valence electrons. The van der Waals surface area contributed by atoms with E-state index in [1.54, 1.807) is 24.3 Å². The molecule has 12 rings (SSSR count). The number of anilines is 5. The summed E-state index contributed by atoms with van der Waals surface area (Å²) in [6.07, 6.45) is 10.2. The van der Waals surface area contributed by atoms with Gasteiger partial charge in [0.1, 0.15) is 56.9 Å². The van der Waals surface area contributed by atoms with Crippen LogP contribution in [0.2, 0.25) is 10.0 Å². The highest BCUT2D eigenvalue weighted by Gasteiger charge is 2.32. The average Bonchev–Trinajstić information content (AvgIpc) is 1.66. The number of halogens is 7. The van der Waals surface area contributed by atoms with Crippen LogP contribution in [0.1, 0.15) is 101 Å². The van der Waals surface area contributed by atoms with Crippen LogP contribution < -0.4 is 61.8 Å². The zero-order valence-corrected chi connectivity index (χ0v) is 60.3. The Hall–Kier alpha value is -13.3. The second kappa shape index (κ2) is 35.7. The van der Waals surface area contributed by atoms with E-state index in [1.807, 2.05) is 6.07 Å². The maximum atomic E-state index is 14.5. The standard InChI is InChI=1S/C16H16FN3O3.C15H14FN3O3.C14H14FN3O4.C13H9Cl2FN2O3.C13H12FN3O4/c1-22-15-12(18)11(17)13(20-14(15)16(21)23-2)9-5-6-10(19-7-9)8-3-4-8;1-22-14-11(17)10(16)12(19-13(14)15(20)21)8-4-5-9(18-6-8)7-2-3-7;1-20-8-5-4-7(6-17-8)11-9(15)10(16)13(21-2)12(18-11)14(19)22-3;1-21-12-9(17)8(16)10(18-11(12)13(19)20)5-2-3-6(14)7(15)4-5;1-20-7-4-3-6(5-16-7)10-8(14)9(15)12(21-2)11(17-10)13(18)19/h5-8H,3-4H2,1-2H3,(H2,18,20);4-7H,2-3H2,1H3,(H2,17,19)(H,20,21);4-6H,1-3H3,(H2,16,18);2-4H,1H3,(H2,17,18)(H,19,20);3-5H,1-2H3,(H2,15,17)(H,18,19). The van der Waals surface area contributed by atoms with E-state index in [4.69, 9.17) is 95.2 Å². The van der Waals surface area contributed by atoms with E-state index < -0.39 is 87.4 Å². The highest BCUT2D eigenvalue weighted by atomic mass is 35.5. The molecule has 2 aliphatic carbocycles. The van der Waals surface area contributed by atoms with Crippen LogP contribution >= 0.6 is 23.2 Å². The first kappa shape index (κ1) is 81.4. The van der Waals surface area contributed by atoms with Crippen LogP contribution in [-0.2, 0) is 9.47 Å². The molecule has 0 amide bonds. The summed E-state index contributed by atoms with van der Waals surface area (Å²) in [5.74, 6) is -9.36. The molecule has 0 spiro atoms. The van der Waals surface area contributed by atoms with Gasteiger partial charge in [-0.3, -0.25) is 9.97 Å². The number of hydrogen-bond acceptors (Lipinski definition) is 28. The van der Waals surface area contributed by atoms with Gasteiger partial charge < -0.3 is 86.6 Å². The first-order chi connectivity index (χ1) is 52.0. The van der Waals surface area contributed by atoms with Crippen LogP contribution in [0.5, 0.6) is 40.5 Å². The number of carboxylic acid groups (broad SMARTS) is 3. The lowest BCUT2D eigenvalue weighted by Gasteiger charge is -2.13. The molecule has 2 saturated carbocycles. The van der Waals surface area contributed by atoms with E-state index in [2.05, 4.69) is 54.3 Å². The number of hydrogen-bond donors (Lipinski definition) is 8. The van der Waals surface area contributed by atoms with E-state index in [-0.39, 0.29) is 107 Å². The first-order valence-electron chi connectivity index (χ1n) is 31.4. The number of nitrogens with two attached hydrogens (primary N) is 5. The SMILES string of the molecule is COC(=O)c1nc(-c2ccc(C3CC3)nc2)c(F)c(N)c1OC.COC(=O)c1nc(-c2ccc(OC)nc2)c(F)c(N)c1OC.COc1c(C(=O)O)nc(-c2ccc(C3CC3)nc2)c(F)c1N.COc1c(C(=O)O)nc(-c2ccc(Cl)c(Cl)c2)c(F)c1N.COc1ccc(-c2nc(C(=O)O)c(OC)c(N)c2F)cn1. The Morgan fingerprint density at radius 1 is 0.358 bits per heavy atom. The molecule has 0 aliphatic heterocycles. The highest BCUT2D eigenvalue weighted by Crippen LogP contribution is 2.43. The van der Waals surface area contributed by atoms with Gasteiger partial charge in [-0.25, -0.2) is 80.8 Å². The van der Waals surface area contributed by atoms with Crippen LogP contribution in [0.4, 0.5) is 50.4 Å². The fourth-order valence-corrected chi connectivity index (χ4v) is 10.3. The molecule has 0 saturated heterocycles. The molecule has 1 aromatic carbocycles. The van der Waals surface area contributed by atoms with Crippen molar-refractivity contribution < 1.29 is 104 Å². The Morgan fingerprint density at radius 2 is 0.615 bits per heavy atom. The van der Waals surface area contributed by atoms with Crippen LogP contribution in [-0.4, -0.2) is 154 Å². The molecule has 2 fully saturated rings. The van der Waals surface area contributed by atoms with Crippen LogP contribution in [0.25, 0.3) is 56.3 Å². The number of benzene rings is 1. The predicted molar refractivity (Wildman–Crippen MR) is 385 cm³/mol. The average molecular weight is 1550 g/mol. The van der Waals surface area contributed by atoms with Crippen molar-refractivity contribution in [3.8, 4) is 96.8 Å². The maximum Gasteiger partial charge on any atom is 0.360 e. The van der Waals surface area contributed by atoms with Gasteiger partial charge in [-0.05, 0) is 74.2 Å². The van der Waals surface area contributed by atoms with Crippen molar-refractivity contribution in [2.75, 3.05) is 92.7 Å². The van der Waals surface area contributed by atoms with Gasteiger partial charge in [0.2, 0.25) is 11.8 Å². The Labute approximate surface area is 625 Å². The van der Waals surface area contributed by atoms with E-state index >= 15 is 0 Å². The third kappa shape index (κ3) is 18.2. The van der Waals surface area contributed by atoms with Crippen LogP contribution in [0.3, 0.4) is 0 Å². The topological polar surface area (TPSA) is 475 Å². The summed E-state index contributed by atoms with van der Waals surface area (Å²) in [7, 11) is 11.4. The summed E-state index contributed by atoms with van der Waals surface area (Å²) in [5.41, 5.74) is 27.4. The molecule has 38 heteroatoms. The molecular weight excluding hydrogens is 1490 g/mol. The Morgan fingerprint density at radius 3 is 0.835 bits per heavy atom. The predicted octanol–water partition coefficient (Wildman–Crippen LogP) is 11.7. The quantitative estimate of drug-likeness (QED) is 0.0275. The fraction of sp³-hybridized carbons (Fsp3) is 0.211. The van der Waals surface area contributed by atoms with E-state index in [0.717, 1.165) is 37.1 Å². The number of aromatic nitrogens is 9. The zero-order chi connectivity index (χ0) is 80.0. The highest BCUT2D eigenvalue weighted by molar-refractivity contribution is 6.42. The summed E-state index contributed by atoms with van der Waals surface area (Å²) in [6, 6.07) is 17.4. The van der Waals surface area contributed by atoms with Crippen molar-refractivity contribution >= 4 is 81.5 Å². The number of rotatable bonds is 19. The lowest BCUT2D eigenvalue weighted by molar-refractivity contribution is 0.0581. The van der Waals surface area contributed by atoms with Crippen molar-refractivity contribution in [3.63, 3.8) is 0 Å². The summed E-state index contributed by atoms with van der Waals surface area (Å²) >= 11 is 11.6. The largest absolute Gasteiger partial charge is 0.492 e. The van der Waals surface area contributed by atoms with Gasteiger partial charge >= 0.3 is 29.8 Å². The summed E-state index contributed by atoms with van der Waals surface area (Å²) in [4.78, 5) is 93.1. The number of nitrogens with zero attached hydrogens (tertiary/aromatic N) is 9. The van der Waals surface area contributed by atoms with E-state index in [1.165, 1.54) is 125 Å². The van der Waals surface area contributed by atoms with E-state index in [9.17, 15) is 51.0 Å². The first-order valence-corrected chi connectivity index (χ1v) is 32.1. The summed E-state index contributed by atoms with van der Waals surface area (Å²) in [6.45, 7) is 0. The molecule has 13 N–H and O–H groups in total. The Kier molecular flexibility index (Phi) is 26.7. The van der Waals surface area contributed by atoms with E-state index in [0.29, 0.717) is 40.3 Å². The lowest BCUT2D eigenvalue weighted by atomic mass is 10.1. The van der Waals surface area contributed by atoms with Gasteiger partial charge in [0.15, 0.2) is 86.3 Å². The number of ether oxygens (including phenoxy) is 9. The normalized spacial score (nSPS) is 11.7. The molecule has 109 heavy (non-hydrogen) atoms. The van der Waals surface area contributed by atoms with Gasteiger partial charge in [0.05, 0.1) is 74.0 Å². The molecule has 0 bridgehead atoms. The molecule has 10 aromatic rings. The van der Waals surface area contributed by atoms with Crippen molar-refractivity contribution in [1.29, 1.82) is 0 Å². The van der Waals surface area contributed by atoms with Crippen molar-refractivity contribution in [2.24, 2.45) is 0 Å². The number of carboxylic acids is 3. The summed E-state index contributed by atoms with van der Waals surface area (Å²) in [5, 5.41) is 27.9. The number of esters is 2. The second-order valence-corrected chi connectivity index (χ2v) is 23.4. The molecule has 2 aliphatic rings. The minimum Gasteiger partial charge on any atom is -0.492 e. The third-order valence-corrected chi connectivity index (χ3v) is 16.5. The van der Waals surface area contributed by atoms with Crippen LogP contribution in [0, 0.1) is 29.1 Å². The smallest absolute Gasteiger partial charge is 0.360 e. The number of methoxy groups -OCH3 is 9. The van der Waals surface area contributed by atoms with Crippen molar-refractivity contribution in [3.05, 3.63) is 171 Å². The number of pyridine rings is 9. The van der Waals surface area contributed by atoms with Crippen LogP contribution in [0.15, 0.2) is 91.5 Å². The monoisotopic (exact) mass is 1550 g/mol. The maximum absolute atomic E-state index is 14.5. The number of aromatic carboxylic acids is 3. The van der Waals surface area contributed by atoms with Gasteiger partial charge in [0.25, 0.3) is 0 Å². The molecule has 9 heterocycles. The second-order valence-electron chi connectivity index (χ2n) is 22.5. The van der Waals surface area contributed by atoms with Gasteiger partial charge in [-0.15, -0.1) is 0 Å². The number of carbonyl (C=O) groups excluding carboxylic acids is 2. The molecule has 0 radical (unpaired) electrons. The minimum absolute atomic E-state index is 0.0569. The third-order valence-electron chi connectivity index (χ3n) is 15.8. The molecule has 0 atom stereocenters. The molecular formula is C71H65Cl2F5N14O17. The van der Waals surface area contributed by atoms with Gasteiger partial charge in [-0.1, -0.05) is 29.3 Å². The lowest BCUT2D eigenvalue weighted by Crippen LogP contribution is -2.12. The minimum atomic E-state index is -1.39. The molecule has 0 unspecified atom stereocenters. The zero-order valence-electron chi connectivity index (χ0n) is 58.8. The van der Waals surface area contributed by atoms with Crippen molar-refractivity contribution in [2.45, 2.75) is 37.5 Å². The van der Waals surface area contributed by atoms with Gasteiger partial charge in [-0.2, -0.15) is 0 Å². The fourth-order valence-electron chi connectivity index (χ4n) is 9.98. The molecule has 9 aromatic heterocycles. The Bertz CT molecular complexity index is 5100. The number of nitrogen functional groups attached to an aromatic ring is 5. The molecule has 31 nitrogen and oxygen atoms in total. The van der Waals surface area contributed by atoms with Crippen molar-refractivity contribution in [1.82, 2.24) is 44.9 Å².